The van der Waals surface area contributed by atoms with E-state index in [1.165, 1.54) is 0 Å². The summed E-state index contributed by atoms with van der Waals surface area (Å²) in [5.74, 6) is -0.656. The molecule has 0 N–H and O–H groups in total. The van der Waals surface area contributed by atoms with Crippen LogP contribution in [0, 0.1) is 13.7 Å². The molecule has 0 saturated heterocycles. The van der Waals surface area contributed by atoms with E-state index >= 15 is 0 Å². The fourth-order valence-electron chi connectivity index (χ4n) is 0.978. The molecule has 0 aliphatic rings. The van der Waals surface area contributed by atoms with Crippen LogP contribution in [-0.2, 0) is 5.88 Å². The molecule has 82 valence electrons. The van der Waals surface area contributed by atoms with Gasteiger partial charge in [-0.3, -0.25) is 0 Å². The molecule has 0 radical (unpaired) electrons. The van der Waals surface area contributed by atoms with Crippen molar-refractivity contribution in [1.82, 2.24) is 4.98 Å². The number of nitro groups is 1. The highest BCUT2D eigenvalue weighted by atomic mass is 127. The maximum Gasteiger partial charge on any atom is 0.377 e. The van der Waals surface area contributed by atoms with Crippen molar-refractivity contribution in [2.75, 3.05) is 0 Å². The van der Waals surface area contributed by atoms with E-state index in [1.807, 2.05) is 0 Å². The van der Waals surface area contributed by atoms with Gasteiger partial charge in [0.25, 0.3) is 6.43 Å². The monoisotopic (exact) mass is 348 g/mol. The number of rotatable bonds is 3. The molecule has 0 bridgehead atoms. The SMILES string of the molecule is O=[N+]([O-])c1ncc(C(F)F)c(CCl)c1I. The summed E-state index contributed by atoms with van der Waals surface area (Å²) < 4.78 is 25.0. The zero-order valence-electron chi connectivity index (χ0n) is 7.08. The number of hydrogen-bond donors (Lipinski definition) is 0. The summed E-state index contributed by atoms with van der Waals surface area (Å²) in [6, 6.07) is 0. The van der Waals surface area contributed by atoms with Crippen molar-refractivity contribution in [2.24, 2.45) is 0 Å². The van der Waals surface area contributed by atoms with Gasteiger partial charge < -0.3 is 10.1 Å². The zero-order valence-corrected chi connectivity index (χ0v) is 10.00. The number of hydrogen-bond acceptors (Lipinski definition) is 3. The van der Waals surface area contributed by atoms with Crippen molar-refractivity contribution in [1.29, 1.82) is 0 Å². The van der Waals surface area contributed by atoms with Gasteiger partial charge in [0.1, 0.15) is 9.77 Å². The quantitative estimate of drug-likeness (QED) is 0.365. The van der Waals surface area contributed by atoms with E-state index in [9.17, 15) is 18.9 Å². The van der Waals surface area contributed by atoms with Crippen molar-refractivity contribution in [3.63, 3.8) is 0 Å². The van der Waals surface area contributed by atoms with E-state index in [0.717, 1.165) is 6.20 Å². The largest absolute Gasteiger partial charge is 0.377 e. The second-order valence-electron chi connectivity index (χ2n) is 2.52. The lowest BCUT2D eigenvalue weighted by Crippen LogP contribution is -2.03. The minimum atomic E-state index is -2.74. The number of aromatic nitrogens is 1. The van der Waals surface area contributed by atoms with Crippen molar-refractivity contribution in [2.45, 2.75) is 12.3 Å². The Kier molecular flexibility index (Phi) is 4.14. The second-order valence-corrected chi connectivity index (χ2v) is 3.87. The van der Waals surface area contributed by atoms with Crippen LogP contribution in [0.1, 0.15) is 17.6 Å². The van der Waals surface area contributed by atoms with Crippen LogP contribution in [0.3, 0.4) is 0 Å². The van der Waals surface area contributed by atoms with Crippen LogP contribution >= 0.6 is 34.2 Å². The maximum atomic E-state index is 12.5. The van der Waals surface area contributed by atoms with Gasteiger partial charge in [-0.1, -0.05) is 0 Å². The van der Waals surface area contributed by atoms with E-state index in [2.05, 4.69) is 4.98 Å². The van der Waals surface area contributed by atoms with Crippen molar-refractivity contribution < 1.29 is 13.7 Å². The molecule has 1 aromatic rings. The normalized spacial score (nSPS) is 10.7. The third kappa shape index (κ3) is 2.51. The number of alkyl halides is 3. The topological polar surface area (TPSA) is 56.0 Å². The Bertz CT molecular complexity index is 403. The first-order chi connectivity index (χ1) is 6.99. The Morgan fingerprint density at radius 1 is 1.67 bits per heavy atom. The van der Waals surface area contributed by atoms with Gasteiger partial charge in [-0.25, -0.2) is 8.78 Å². The number of nitrogens with zero attached hydrogens (tertiary/aromatic N) is 2. The van der Waals surface area contributed by atoms with Crippen LogP contribution in [0.15, 0.2) is 6.20 Å². The molecule has 1 heterocycles. The Morgan fingerprint density at radius 3 is 2.67 bits per heavy atom. The molecule has 0 atom stereocenters. The molecule has 0 spiro atoms. The fourth-order valence-corrected chi connectivity index (χ4v) is 2.33. The summed E-state index contributed by atoms with van der Waals surface area (Å²) in [6.45, 7) is 0. The molecule has 15 heavy (non-hydrogen) atoms. The van der Waals surface area contributed by atoms with Crippen molar-refractivity contribution >= 4 is 40.0 Å². The first-order valence-electron chi connectivity index (χ1n) is 3.64. The van der Waals surface area contributed by atoms with Gasteiger partial charge in [-0.15, -0.1) is 11.6 Å². The minimum absolute atomic E-state index is 0.0606. The van der Waals surface area contributed by atoms with E-state index in [4.69, 9.17) is 11.6 Å². The lowest BCUT2D eigenvalue weighted by Gasteiger charge is -2.06. The maximum absolute atomic E-state index is 12.5. The molecular formula is C7H4ClF2IN2O2. The van der Waals surface area contributed by atoms with E-state index in [-0.39, 0.29) is 20.6 Å². The third-order valence-corrected chi connectivity index (χ3v) is 3.08. The first-order valence-corrected chi connectivity index (χ1v) is 5.26. The van der Waals surface area contributed by atoms with Gasteiger partial charge in [0, 0.05) is 11.4 Å². The molecule has 0 fully saturated rings. The summed E-state index contributed by atoms with van der Waals surface area (Å²) in [4.78, 5) is 13.1. The predicted molar refractivity (Wildman–Crippen MR) is 58.1 cm³/mol. The van der Waals surface area contributed by atoms with Crippen LogP contribution < -0.4 is 0 Å². The summed E-state index contributed by atoms with van der Waals surface area (Å²) in [6.07, 6.45) is -1.94. The van der Waals surface area contributed by atoms with Gasteiger partial charge >= 0.3 is 5.82 Å². The summed E-state index contributed by atoms with van der Waals surface area (Å²) >= 11 is 7.06. The Hall–Kier alpha value is -0.570. The summed E-state index contributed by atoms with van der Waals surface area (Å²) in [5, 5.41) is 10.5. The Balaban J connectivity index is 3.39. The van der Waals surface area contributed by atoms with Gasteiger partial charge in [-0.2, -0.15) is 0 Å². The molecule has 0 aliphatic carbocycles. The molecule has 8 heteroatoms. The first kappa shape index (κ1) is 12.5. The zero-order chi connectivity index (χ0) is 11.6. The highest BCUT2D eigenvalue weighted by molar-refractivity contribution is 14.1. The summed E-state index contributed by atoms with van der Waals surface area (Å²) in [5.41, 5.74) is -0.297. The van der Waals surface area contributed by atoms with Crippen LogP contribution in [0.2, 0.25) is 0 Å². The smallest absolute Gasteiger partial charge is 0.358 e. The second kappa shape index (κ2) is 4.97. The minimum Gasteiger partial charge on any atom is -0.358 e. The van der Waals surface area contributed by atoms with Gasteiger partial charge in [0.05, 0.1) is 5.56 Å². The highest BCUT2D eigenvalue weighted by Crippen LogP contribution is 2.31. The predicted octanol–water partition coefficient (Wildman–Crippen LogP) is 3.27. The average Bonchev–Trinajstić information content (AvgIpc) is 2.16. The Labute approximate surface area is 102 Å². The van der Waals surface area contributed by atoms with Crippen LogP contribution in [-0.4, -0.2) is 9.91 Å². The molecule has 0 saturated carbocycles. The van der Waals surface area contributed by atoms with Gasteiger partial charge in [0.15, 0.2) is 0 Å². The van der Waals surface area contributed by atoms with E-state index < -0.39 is 17.2 Å². The van der Waals surface area contributed by atoms with Crippen LogP contribution in [0.4, 0.5) is 14.6 Å². The van der Waals surface area contributed by atoms with Crippen molar-refractivity contribution in [3.8, 4) is 0 Å². The Morgan fingerprint density at radius 2 is 2.27 bits per heavy atom. The molecule has 0 aromatic carbocycles. The van der Waals surface area contributed by atoms with Crippen molar-refractivity contribution in [3.05, 3.63) is 31.0 Å². The number of pyridine rings is 1. The molecular weight excluding hydrogens is 344 g/mol. The van der Waals surface area contributed by atoms with Crippen LogP contribution in [0.5, 0.6) is 0 Å². The summed E-state index contributed by atoms with van der Waals surface area (Å²) in [7, 11) is 0. The number of halogens is 4. The van der Waals surface area contributed by atoms with E-state index in [0.29, 0.717) is 0 Å². The fraction of sp³-hybridized carbons (Fsp3) is 0.286. The average molecular weight is 348 g/mol. The molecule has 0 aliphatic heterocycles. The third-order valence-electron chi connectivity index (χ3n) is 1.68. The molecule has 0 amide bonds. The molecule has 1 aromatic heterocycles. The highest BCUT2D eigenvalue weighted by Gasteiger charge is 2.24. The van der Waals surface area contributed by atoms with Crippen LogP contribution in [0.25, 0.3) is 0 Å². The molecule has 0 unspecified atom stereocenters. The van der Waals surface area contributed by atoms with E-state index in [1.54, 1.807) is 22.6 Å². The standard InChI is InChI=1S/C7H4ClF2IN2O2/c8-1-3-4(6(9)10)2-12-7(5(3)11)13(14)15/h2,6H,1H2. The lowest BCUT2D eigenvalue weighted by atomic mass is 10.1. The molecule has 1 rings (SSSR count). The molecule has 4 nitrogen and oxygen atoms in total. The lowest BCUT2D eigenvalue weighted by molar-refractivity contribution is -0.390. The van der Waals surface area contributed by atoms with Gasteiger partial charge in [-0.05, 0) is 32.5 Å². The van der Waals surface area contributed by atoms with Gasteiger partial charge in [0.2, 0.25) is 0 Å².